The van der Waals surface area contributed by atoms with Crippen LogP contribution in [-0.4, -0.2) is 17.9 Å². The first kappa shape index (κ1) is 22.9. The molecule has 0 aromatic carbocycles. The second-order valence-corrected chi connectivity index (χ2v) is 6.78. The molecule has 0 saturated carbocycles. The number of unbranched alkanes of at least 4 members (excludes halogenated alkanes) is 7. The number of Topliss-reactive ketones (excluding diaryl/α,β-unsaturated/α-hetero) is 1. The van der Waals surface area contributed by atoms with Crippen LogP contribution in [0, 0.1) is 0 Å². The number of ether oxygens (including phenoxy) is 1. The van der Waals surface area contributed by atoms with Crippen LogP contribution in [0.4, 0.5) is 0 Å². The maximum Gasteiger partial charge on any atom is 0.302 e. The minimum absolute atomic E-state index is 0.119. The molecule has 0 radical (unpaired) electrons. The summed E-state index contributed by atoms with van der Waals surface area (Å²) in [5, 5.41) is 0. The number of carbonyl (C=O) groups is 2. The highest BCUT2D eigenvalue weighted by Gasteiger charge is 2.10. The van der Waals surface area contributed by atoms with E-state index in [-0.39, 0.29) is 12.1 Å². The molecule has 0 heterocycles. The summed E-state index contributed by atoms with van der Waals surface area (Å²) < 4.78 is 5.39. The molecule has 0 aromatic heterocycles. The summed E-state index contributed by atoms with van der Waals surface area (Å²) >= 11 is 0. The van der Waals surface area contributed by atoms with Crippen molar-refractivity contribution in [1.29, 1.82) is 0 Å². The van der Waals surface area contributed by atoms with Gasteiger partial charge in [0, 0.05) is 13.3 Å². The first-order valence-electron chi connectivity index (χ1n) is 9.88. The van der Waals surface area contributed by atoms with E-state index in [4.69, 9.17) is 4.74 Å². The molecule has 0 amide bonds. The van der Waals surface area contributed by atoms with Crippen molar-refractivity contribution in [3.63, 3.8) is 0 Å². The standard InChI is InChI=1S/C21H38O3/c1-4-5-17-21(24-20(3)23)18-15-13-11-9-7-6-8-10-12-14-16-19(2)22/h6-7,21H,4-5,8-18H2,1-3H3. The van der Waals surface area contributed by atoms with E-state index in [0.717, 1.165) is 64.2 Å². The lowest BCUT2D eigenvalue weighted by molar-refractivity contribution is -0.147. The van der Waals surface area contributed by atoms with Crippen molar-refractivity contribution in [3.05, 3.63) is 12.2 Å². The number of hydrogen-bond acceptors (Lipinski definition) is 3. The largest absolute Gasteiger partial charge is 0.463 e. The molecule has 0 N–H and O–H groups in total. The Kier molecular flexibility index (Phi) is 15.9. The van der Waals surface area contributed by atoms with Crippen molar-refractivity contribution in [2.24, 2.45) is 0 Å². The van der Waals surface area contributed by atoms with Crippen LogP contribution in [0.25, 0.3) is 0 Å². The highest BCUT2D eigenvalue weighted by atomic mass is 16.5. The SMILES string of the molecule is CCCCC(CCCCCC=CCCCCCC(C)=O)OC(C)=O. The Bertz CT molecular complexity index is 347. The van der Waals surface area contributed by atoms with E-state index in [9.17, 15) is 9.59 Å². The molecule has 0 aliphatic heterocycles. The summed E-state index contributed by atoms with van der Waals surface area (Å²) in [6.07, 6.45) is 18.9. The lowest BCUT2D eigenvalue weighted by Gasteiger charge is -2.16. The predicted molar refractivity (Wildman–Crippen MR) is 101 cm³/mol. The fourth-order valence-electron chi connectivity index (χ4n) is 2.79. The smallest absolute Gasteiger partial charge is 0.302 e. The molecule has 0 saturated heterocycles. The predicted octanol–water partition coefficient (Wildman–Crippen LogP) is 6.15. The zero-order valence-electron chi connectivity index (χ0n) is 16.1. The van der Waals surface area contributed by atoms with Crippen LogP contribution in [0.1, 0.15) is 104 Å². The number of rotatable bonds is 16. The number of allylic oxidation sites excluding steroid dienone is 2. The number of ketones is 1. The number of esters is 1. The van der Waals surface area contributed by atoms with Gasteiger partial charge in [-0.2, -0.15) is 0 Å². The van der Waals surface area contributed by atoms with Gasteiger partial charge in [0.15, 0.2) is 0 Å². The van der Waals surface area contributed by atoms with Gasteiger partial charge < -0.3 is 9.53 Å². The van der Waals surface area contributed by atoms with E-state index in [1.54, 1.807) is 6.92 Å². The van der Waals surface area contributed by atoms with Crippen LogP contribution in [-0.2, 0) is 14.3 Å². The summed E-state index contributed by atoms with van der Waals surface area (Å²) in [6.45, 7) is 5.34. The zero-order chi connectivity index (χ0) is 18.0. The first-order chi connectivity index (χ1) is 11.6. The second-order valence-electron chi connectivity index (χ2n) is 6.78. The number of hydrogen-bond donors (Lipinski definition) is 0. The van der Waals surface area contributed by atoms with E-state index < -0.39 is 0 Å². The molecule has 0 bridgehead atoms. The third kappa shape index (κ3) is 17.2. The highest BCUT2D eigenvalue weighted by molar-refractivity contribution is 5.75. The average Bonchev–Trinajstić information content (AvgIpc) is 2.52. The van der Waals surface area contributed by atoms with Gasteiger partial charge in [0.1, 0.15) is 11.9 Å². The van der Waals surface area contributed by atoms with Gasteiger partial charge >= 0.3 is 5.97 Å². The van der Waals surface area contributed by atoms with Gasteiger partial charge in [-0.25, -0.2) is 0 Å². The lowest BCUT2D eigenvalue weighted by Crippen LogP contribution is -2.16. The fourth-order valence-corrected chi connectivity index (χ4v) is 2.79. The molecule has 0 aliphatic rings. The Balaban J connectivity index is 3.51. The quantitative estimate of drug-likeness (QED) is 0.192. The van der Waals surface area contributed by atoms with Crippen LogP contribution in [0.2, 0.25) is 0 Å². The van der Waals surface area contributed by atoms with Crippen molar-refractivity contribution in [3.8, 4) is 0 Å². The third-order valence-electron chi connectivity index (χ3n) is 4.18. The van der Waals surface area contributed by atoms with Gasteiger partial charge in [0.2, 0.25) is 0 Å². The molecule has 3 heteroatoms. The summed E-state index contributed by atoms with van der Waals surface area (Å²) in [5.41, 5.74) is 0. The van der Waals surface area contributed by atoms with Gasteiger partial charge in [-0.15, -0.1) is 0 Å². The van der Waals surface area contributed by atoms with Crippen molar-refractivity contribution >= 4 is 11.8 Å². The molecule has 0 rings (SSSR count). The van der Waals surface area contributed by atoms with Crippen molar-refractivity contribution in [2.45, 2.75) is 110 Å². The Hall–Kier alpha value is -1.12. The Morgan fingerprint density at radius 3 is 1.96 bits per heavy atom. The van der Waals surface area contributed by atoms with Crippen LogP contribution in [0.3, 0.4) is 0 Å². The highest BCUT2D eigenvalue weighted by Crippen LogP contribution is 2.14. The average molecular weight is 339 g/mol. The topological polar surface area (TPSA) is 43.4 Å². The van der Waals surface area contributed by atoms with Crippen LogP contribution >= 0.6 is 0 Å². The zero-order valence-corrected chi connectivity index (χ0v) is 16.1. The van der Waals surface area contributed by atoms with Crippen molar-refractivity contribution in [2.75, 3.05) is 0 Å². The van der Waals surface area contributed by atoms with Gasteiger partial charge in [0.25, 0.3) is 0 Å². The van der Waals surface area contributed by atoms with Crippen molar-refractivity contribution < 1.29 is 14.3 Å². The summed E-state index contributed by atoms with van der Waals surface area (Å²) in [6, 6.07) is 0. The number of carbonyl (C=O) groups excluding carboxylic acids is 2. The third-order valence-corrected chi connectivity index (χ3v) is 4.18. The summed E-state index contributed by atoms with van der Waals surface area (Å²) in [7, 11) is 0. The second kappa shape index (κ2) is 16.7. The lowest BCUT2D eigenvalue weighted by atomic mass is 10.0. The molecule has 140 valence electrons. The molecule has 24 heavy (non-hydrogen) atoms. The van der Waals surface area contributed by atoms with Crippen LogP contribution < -0.4 is 0 Å². The van der Waals surface area contributed by atoms with E-state index >= 15 is 0 Å². The van der Waals surface area contributed by atoms with E-state index in [1.807, 2.05) is 0 Å². The molecule has 0 aliphatic carbocycles. The molecule has 0 spiro atoms. The Labute approximate surface area is 149 Å². The van der Waals surface area contributed by atoms with Gasteiger partial charge in [-0.1, -0.05) is 44.8 Å². The monoisotopic (exact) mass is 338 g/mol. The molecule has 1 unspecified atom stereocenters. The van der Waals surface area contributed by atoms with E-state index in [0.29, 0.717) is 5.78 Å². The van der Waals surface area contributed by atoms with Crippen LogP contribution in [0.15, 0.2) is 12.2 Å². The molecule has 1 atom stereocenters. The molecule has 0 aromatic rings. The maximum atomic E-state index is 11.1. The summed E-state index contributed by atoms with van der Waals surface area (Å²) in [5.74, 6) is 0.151. The molecule has 3 nitrogen and oxygen atoms in total. The normalized spacial score (nSPS) is 12.5. The molecular weight excluding hydrogens is 300 g/mol. The van der Waals surface area contributed by atoms with E-state index in [2.05, 4.69) is 19.1 Å². The first-order valence-corrected chi connectivity index (χ1v) is 9.88. The van der Waals surface area contributed by atoms with Gasteiger partial charge in [-0.3, -0.25) is 4.79 Å². The Morgan fingerprint density at radius 2 is 1.42 bits per heavy atom. The van der Waals surface area contributed by atoms with Gasteiger partial charge in [-0.05, 0) is 58.3 Å². The molecule has 0 fully saturated rings. The molecular formula is C21H38O3. The summed E-state index contributed by atoms with van der Waals surface area (Å²) in [4.78, 5) is 21.9. The van der Waals surface area contributed by atoms with Crippen molar-refractivity contribution in [1.82, 2.24) is 0 Å². The van der Waals surface area contributed by atoms with Crippen LogP contribution in [0.5, 0.6) is 0 Å². The maximum absolute atomic E-state index is 11.1. The fraction of sp³-hybridized carbons (Fsp3) is 0.810. The minimum atomic E-state index is -0.151. The minimum Gasteiger partial charge on any atom is -0.463 e. The van der Waals surface area contributed by atoms with E-state index in [1.165, 1.54) is 26.2 Å². The Morgan fingerprint density at radius 1 is 0.833 bits per heavy atom. The van der Waals surface area contributed by atoms with Gasteiger partial charge in [0.05, 0.1) is 0 Å².